The second-order valence-corrected chi connectivity index (χ2v) is 3.83. The molecule has 0 aliphatic rings. The Morgan fingerprint density at radius 2 is 2.47 bits per heavy atom. The predicted molar refractivity (Wildman–Crippen MR) is 56.3 cm³/mol. The number of rotatable bonds is 4. The number of nitriles is 1. The number of carbonyl (C=O) groups is 1. The van der Waals surface area contributed by atoms with Crippen molar-refractivity contribution in [2.75, 3.05) is 12.9 Å². The number of hydrogen-bond acceptors (Lipinski definition) is 5. The molecule has 0 N–H and O–H groups in total. The first-order valence-electron chi connectivity index (χ1n) is 4.32. The van der Waals surface area contributed by atoms with Gasteiger partial charge in [-0.1, -0.05) is 0 Å². The molecule has 0 fully saturated rings. The Morgan fingerprint density at radius 1 is 1.67 bits per heavy atom. The quantitative estimate of drug-likeness (QED) is 0.572. The number of thioether (sulfide) groups is 1. The topological polar surface area (TPSA) is 63.0 Å². The highest BCUT2D eigenvalue weighted by Gasteiger charge is 2.01. The van der Waals surface area contributed by atoms with Gasteiger partial charge in [-0.2, -0.15) is 5.26 Å². The first-order chi connectivity index (χ1) is 7.26. The van der Waals surface area contributed by atoms with Gasteiger partial charge in [0.25, 0.3) is 0 Å². The fourth-order valence-corrected chi connectivity index (χ4v) is 1.68. The van der Waals surface area contributed by atoms with Crippen LogP contribution in [0.3, 0.4) is 0 Å². The van der Waals surface area contributed by atoms with Crippen LogP contribution in [-0.4, -0.2) is 23.8 Å². The number of carbonyl (C=O) groups excluding carboxylic acids is 1. The summed E-state index contributed by atoms with van der Waals surface area (Å²) in [7, 11) is 1.37. The second kappa shape index (κ2) is 6.04. The van der Waals surface area contributed by atoms with Gasteiger partial charge < -0.3 is 4.74 Å². The van der Waals surface area contributed by atoms with E-state index < -0.39 is 0 Å². The smallest absolute Gasteiger partial charge is 0.306 e. The molecule has 0 unspecified atom stereocenters. The molecule has 0 aliphatic heterocycles. The average molecular weight is 222 g/mol. The SMILES string of the molecule is COC(=O)CCSc1ccc(C#N)nc1. The molecule has 15 heavy (non-hydrogen) atoms. The highest BCUT2D eigenvalue weighted by Crippen LogP contribution is 2.17. The van der Waals surface area contributed by atoms with Gasteiger partial charge in [0.05, 0.1) is 13.5 Å². The third kappa shape index (κ3) is 4.00. The van der Waals surface area contributed by atoms with Crippen LogP contribution in [-0.2, 0) is 9.53 Å². The Labute approximate surface area is 92.3 Å². The molecule has 0 saturated carbocycles. The number of methoxy groups -OCH3 is 1. The molecule has 0 aromatic carbocycles. The maximum absolute atomic E-state index is 10.8. The molecule has 78 valence electrons. The maximum Gasteiger partial charge on any atom is 0.306 e. The molecule has 5 heteroatoms. The predicted octanol–water partition coefficient (Wildman–Crippen LogP) is 1.61. The molecule has 1 rings (SSSR count). The first kappa shape index (κ1) is 11.5. The minimum absolute atomic E-state index is 0.218. The van der Waals surface area contributed by atoms with Crippen LogP contribution in [0.1, 0.15) is 12.1 Å². The van der Waals surface area contributed by atoms with Crippen molar-refractivity contribution in [2.45, 2.75) is 11.3 Å². The Hall–Kier alpha value is -1.54. The van der Waals surface area contributed by atoms with Gasteiger partial charge in [-0.05, 0) is 12.1 Å². The molecule has 1 aromatic heterocycles. The maximum atomic E-state index is 10.8. The number of esters is 1. The standard InChI is InChI=1S/C10H10N2O2S/c1-14-10(13)4-5-15-9-3-2-8(6-11)12-7-9/h2-3,7H,4-5H2,1H3. The van der Waals surface area contributed by atoms with E-state index in [1.54, 1.807) is 12.3 Å². The monoisotopic (exact) mass is 222 g/mol. The van der Waals surface area contributed by atoms with Crippen LogP contribution in [0.5, 0.6) is 0 Å². The summed E-state index contributed by atoms with van der Waals surface area (Å²) in [5, 5.41) is 8.53. The Balaban J connectivity index is 2.38. The molecule has 4 nitrogen and oxygen atoms in total. The van der Waals surface area contributed by atoms with Crippen LogP contribution in [0.15, 0.2) is 23.2 Å². The van der Waals surface area contributed by atoms with Crippen LogP contribution in [0.2, 0.25) is 0 Å². The second-order valence-electron chi connectivity index (χ2n) is 2.67. The molecule has 0 saturated heterocycles. The van der Waals surface area contributed by atoms with E-state index >= 15 is 0 Å². The lowest BCUT2D eigenvalue weighted by atomic mass is 10.4. The fraction of sp³-hybridized carbons (Fsp3) is 0.300. The van der Waals surface area contributed by atoms with E-state index in [9.17, 15) is 4.79 Å². The molecule has 0 radical (unpaired) electrons. The van der Waals surface area contributed by atoms with Crippen molar-refractivity contribution in [3.8, 4) is 6.07 Å². The Morgan fingerprint density at radius 3 is 3.00 bits per heavy atom. The summed E-state index contributed by atoms with van der Waals surface area (Å²) in [6.45, 7) is 0. The van der Waals surface area contributed by atoms with Crippen LogP contribution >= 0.6 is 11.8 Å². The minimum atomic E-state index is -0.218. The van der Waals surface area contributed by atoms with Gasteiger partial charge in [-0.25, -0.2) is 4.98 Å². The van der Waals surface area contributed by atoms with Gasteiger partial charge >= 0.3 is 5.97 Å². The van der Waals surface area contributed by atoms with Crippen LogP contribution in [0.25, 0.3) is 0 Å². The van der Waals surface area contributed by atoms with Gasteiger partial charge in [0.1, 0.15) is 11.8 Å². The summed E-state index contributed by atoms with van der Waals surface area (Å²) in [6.07, 6.45) is 2.00. The summed E-state index contributed by atoms with van der Waals surface area (Å²) in [4.78, 5) is 15.7. The van der Waals surface area contributed by atoms with Crippen molar-refractivity contribution in [2.24, 2.45) is 0 Å². The van der Waals surface area contributed by atoms with E-state index in [1.165, 1.54) is 18.9 Å². The van der Waals surface area contributed by atoms with Gasteiger partial charge in [0, 0.05) is 16.8 Å². The first-order valence-corrected chi connectivity index (χ1v) is 5.30. The van der Waals surface area contributed by atoms with Gasteiger partial charge in [-0.3, -0.25) is 4.79 Å². The highest BCUT2D eigenvalue weighted by atomic mass is 32.2. The van der Waals surface area contributed by atoms with Crippen LogP contribution in [0, 0.1) is 11.3 Å². The van der Waals surface area contributed by atoms with E-state index in [-0.39, 0.29) is 5.97 Å². The third-order valence-corrected chi connectivity index (χ3v) is 2.64. The average Bonchev–Trinajstić information content (AvgIpc) is 2.29. The number of aromatic nitrogens is 1. The molecule has 0 aliphatic carbocycles. The van der Waals surface area contributed by atoms with E-state index in [1.807, 2.05) is 12.1 Å². The van der Waals surface area contributed by atoms with Crippen molar-refractivity contribution in [3.05, 3.63) is 24.0 Å². The van der Waals surface area contributed by atoms with E-state index in [0.717, 1.165) is 4.90 Å². The molecule has 0 bridgehead atoms. The molecular weight excluding hydrogens is 212 g/mol. The molecular formula is C10H10N2O2S. The third-order valence-electron chi connectivity index (χ3n) is 1.65. The summed E-state index contributed by atoms with van der Waals surface area (Å²) >= 11 is 1.51. The lowest BCUT2D eigenvalue weighted by Crippen LogP contribution is -2.00. The number of pyridine rings is 1. The summed E-state index contributed by atoms with van der Waals surface area (Å²) in [5.74, 6) is 0.435. The normalized spacial score (nSPS) is 9.33. The van der Waals surface area contributed by atoms with E-state index in [4.69, 9.17) is 5.26 Å². The Bertz CT molecular complexity index is 370. The van der Waals surface area contributed by atoms with Crippen molar-refractivity contribution < 1.29 is 9.53 Å². The largest absolute Gasteiger partial charge is 0.469 e. The number of nitrogens with zero attached hydrogens (tertiary/aromatic N) is 2. The van der Waals surface area contributed by atoms with Crippen molar-refractivity contribution in [1.82, 2.24) is 4.98 Å². The zero-order valence-electron chi connectivity index (χ0n) is 8.27. The van der Waals surface area contributed by atoms with Crippen molar-refractivity contribution in [3.63, 3.8) is 0 Å². The van der Waals surface area contributed by atoms with E-state index in [2.05, 4.69) is 9.72 Å². The van der Waals surface area contributed by atoms with E-state index in [0.29, 0.717) is 17.9 Å². The van der Waals surface area contributed by atoms with Crippen molar-refractivity contribution in [1.29, 1.82) is 5.26 Å². The lowest BCUT2D eigenvalue weighted by Gasteiger charge is -2.00. The van der Waals surface area contributed by atoms with Gasteiger partial charge in [-0.15, -0.1) is 11.8 Å². The van der Waals surface area contributed by atoms with Crippen molar-refractivity contribution >= 4 is 17.7 Å². The zero-order valence-corrected chi connectivity index (χ0v) is 9.08. The number of ether oxygens (including phenoxy) is 1. The van der Waals surface area contributed by atoms with Crippen LogP contribution in [0.4, 0.5) is 0 Å². The molecule has 1 heterocycles. The minimum Gasteiger partial charge on any atom is -0.469 e. The Kier molecular flexibility index (Phi) is 4.64. The molecule has 0 atom stereocenters. The molecule has 0 spiro atoms. The molecule has 1 aromatic rings. The molecule has 0 amide bonds. The number of hydrogen-bond donors (Lipinski definition) is 0. The zero-order chi connectivity index (χ0) is 11.1. The van der Waals surface area contributed by atoms with Gasteiger partial charge in [0.2, 0.25) is 0 Å². The highest BCUT2D eigenvalue weighted by molar-refractivity contribution is 7.99. The summed E-state index contributed by atoms with van der Waals surface area (Å²) in [5.41, 5.74) is 0.396. The van der Waals surface area contributed by atoms with Crippen LogP contribution < -0.4 is 0 Å². The van der Waals surface area contributed by atoms with Gasteiger partial charge in [0.15, 0.2) is 0 Å². The summed E-state index contributed by atoms with van der Waals surface area (Å²) < 4.78 is 4.51. The fourth-order valence-electron chi connectivity index (χ4n) is 0.886. The summed E-state index contributed by atoms with van der Waals surface area (Å²) in [6, 6.07) is 5.41. The lowest BCUT2D eigenvalue weighted by molar-refractivity contribution is -0.140.